The minimum Gasteiger partial charge on any atom is -0.490 e. The van der Waals surface area contributed by atoms with Gasteiger partial charge in [-0.1, -0.05) is 48.0 Å². The Morgan fingerprint density at radius 2 is 1.84 bits per heavy atom. The Labute approximate surface area is 178 Å². The van der Waals surface area contributed by atoms with Crippen molar-refractivity contribution in [3.05, 3.63) is 84.3 Å². The molecule has 0 aliphatic rings. The number of tetrazole rings is 1. The van der Waals surface area contributed by atoms with Crippen molar-refractivity contribution in [2.24, 2.45) is 0 Å². The SMILES string of the molecule is Cc1ccc(OCCOC(=O)/C(=C/c2ccco2)n2nnnc2-c2ccccc2)cc1. The van der Waals surface area contributed by atoms with Crippen molar-refractivity contribution in [2.45, 2.75) is 6.92 Å². The number of nitrogens with zero attached hydrogens (tertiary/aromatic N) is 4. The molecule has 156 valence electrons. The van der Waals surface area contributed by atoms with Gasteiger partial charge >= 0.3 is 5.97 Å². The molecule has 2 aromatic carbocycles. The molecule has 8 heteroatoms. The zero-order valence-corrected chi connectivity index (χ0v) is 16.8. The number of carbonyl (C=O) groups is 1. The molecular formula is C23H20N4O4. The molecule has 4 aromatic rings. The summed E-state index contributed by atoms with van der Waals surface area (Å²) in [5.41, 5.74) is 2.02. The van der Waals surface area contributed by atoms with Gasteiger partial charge in [0.1, 0.15) is 24.7 Å². The van der Waals surface area contributed by atoms with E-state index in [1.165, 1.54) is 17.0 Å². The molecule has 0 fully saturated rings. The van der Waals surface area contributed by atoms with Crippen LogP contribution in [0.4, 0.5) is 0 Å². The average molecular weight is 416 g/mol. The van der Waals surface area contributed by atoms with Gasteiger partial charge < -0.3 is 13.9 Å². The standard InChI is InChI=1S/C23H20N4O4/c1-17-9-11-19(12-10-17)30-14-15-31-23(28)21(16-20-8-5-13-29-20)27-22(24-25-26-27)18-6-3-2-4-7-18/h2-13,16H,14-15H2,1H3/b21-16-. The summed E-state index contributed by atoms with van der Waals surface area (Å²) in [6.07, 6.45) is 3.05. The lowest BCUT2D eigenvalue weighted by Gasteiger charge is -2.11. The van der Waals surface area contributed by atoms with Crippen LogP contribution in [0.3, 0.4) is 0 Å². The molecule has 8 nitrogen and oxygen atoms in total. The summed E-state index contributed by atoms with van der Waals surface area (Å²) in [5.74, 6) is 0.983. The number of hydrogen-bond donors (Lipinski definition) is 0. The molecule has 0 N–H and O–H groups in total. The van der Waals surface area contributed by atoms with Crippen LogP contribution in [0.5, 0.6) is 5.75 Å². The van der Waals surface area contributed by atoms with Crippen molar-refractivity contribution < 1.29 is 18.7 Å². The Hall–Kier alpha value is -4.20. The molecule has 0 bridgehead atoms. The Morgan fingerprint density at radius 3 is 2.58 bits per heavy atom. The summed E-state index contributed by atoms with van der Waals surface area (Å²) in [6.45, 7) is 2.27. The van der Waals surface area contributed by atoms with Gasteiger partial charge in [0.15, 0.2) is 11.5 Å². The van der Waals surface area contributed by atoms with Gasteiger partial charge in [-0.2, -0.15) is 4.68 Å². The Kier molecular flexibility index (Phi) is 6.18. The molecule has 2 aromatic heterocycles. The predicted molar refractivity (Wildman–Crippen MR) is 114 cm³/mol. The molecule has 0 unspecified atom stereocenters. The number of rotatable bonds is 8. The van der Waals surface area contributed by atoms with Crippen LogP contribution < -0.4 is 4.74 Å². The van der Waals surface area contributed by atoms with E-state index in [2.05, 4.69) is 15.5 Å². The van der Waals surface area contributed by atoms with Gasteiger partial charge in [0.2, 0.25) is 0 Å². The third-order valence-corrected chi connectivity index (χ3v) is 4.37. The van der Waals surface area contributed by atoms with E-state index in [1.807, 2.05) is 61.5 Å². The van der Waals surface area contributed by atoms with Crippen molar-refractivity contribution >= 4 is 17.7 Å². The second-order valence-electron chi connectivity index (χ2n) is 6.62. The van der Waals surface area contributed by atoms with Crippen LogP contribution in [0.2, 0.25) is 0 Å². The highest BCUT2D eigenvalue weighted by Crippen LogP contribution is 2.21. The monoisotopic (exact) mass is 416 g/mol. The fraction of sp³-hybridized carbons (Fsp3) is 0.130. The molecule has 0 radical (unpaired) electrons. The van der Waals surface area contributed by atoms with Crippen molar-refractivity contribution in [3.63, 3.8) is 0 Å². The number of hydrogen-bond acceptors (Lipinski definition) is 7. The second kappa shape index (κ2) is 9.53. The van der Waals surface area contributed by atoms with Crippen LogP contribution in [0.1, 0.15) is 11.3 Å². The first-order valence-electron chi connectivity index (χ1n) is 9.67. The first-order chi connectivity index (χ1) is 15.2. The lowest BCUT2D eigenvalue weighted by molar-refractivity contribution is -0.137. The van der Waals surface area contributed by atoms with E-state index in [0.29, 0.717) is 17.3 Å². The summed E-state index contributed by atoms with van der Waals surface area (Å²) >= 11 is 0. The van der Waals surface area contributed by atoms with Gasteiger partial charge in [-0.25, -0.2) is 4.79 Å². The highest BCUT2D eigenvalue weighted by molar-refractivity contribution is 6.15. The lowest BCUT2D eigenvalue weighted by Crippen LogP contribution is -2.18. The maximum Gasteiger partial charge on any atom is 0.357 e. The van der Waals surface area contributed by atoms with Gasteiger partial charge in [0, 0.05) is 11.6 Å². The van der Waals surface area contributed by atoms with Gasteiger partial charge in [-0.3, -0.25) is 0 Å². The van der Waals surface area contributed by atoms with E-state index >= 15 is 0 Å². The lowest BCUT2D eigenvalue weighted by atomic mass is 10.2. The van der Waals surface area contributed by atoms with Crippen LogP contribution in [0, 0.1) is 6.92 Å². The average Bonchev–Trinajstić information content (AvgIpc) is 3.49. The van der Waals surface area contributed by atoms with E-state index in [4.69, 9.17) is 13.9 Å². The van der Waals surface area contributed by atoms with Gasteiger partial charge in [-0.05, 0) is 41.6 Å². The zero-order chi connectivity index (χ0) is 21.5. The molecule has 0 aliphatic heterocycles. The molecule has 2 heterocycles. The highest BCUT2D eigenvalue weighted by Gasteiger charge is 2.21. The quantitative estimate of drug-likeness (QED) is 0.245. The van der Waals surface area contributed by atoms with E-state index in [0.717, 1.165) is 11.1 Å². The van der Waals surface area contributed by atoms with Gasteiger partial charge in [0.25, 0.3) is 0 Å². The molecule has 4 rings (SSSR count). The van der Waals surface area contributed by atoms with Crippen molar-refractivity contribution in [1.82, 2.24) is 20.2 Å². The molecular weight excluding hydrogens is 396 g/mol. The van der Waals surface area contributed by atoms with E-state index in [1.54, 1.807) is 12.1 Å². The number of aromatic nitrogens is 4. The molecule has 31 heavy (non-hydrogen) atoms. The highest BCUT2D eigenvalue weighted by atomic mass is 16.6. The number of carbonyl (C=O) groups excluding carboxylic acids is 1. The Bertz CT molecular complexity index is 1150. The molecule has 0 saturated heterocycles. The number of benzene rings is 2. The minimum absolute atomic E-state index is 0.0605. The van der Waals surface area contributed by atoms with E-state index in [-0.39, 0.29) is 18.9 Å². The molecule has 0 atom stereocenters. The normalized spacial score (nSPS) is 11.3. The largest absolute Gasteiger partial charge is 0.490 e. The first kappa shape index (κ1) is 20.1. The van der Waals surface area contributed by atoms with Crippen molar-refractivity contribution in [2.75, 3.05) is 13.2 Å². The van der Waals surface area contributed by atoms with Gasteiger partial charge in [-0.15, -0.1) is 5.10 Å². The summed E-state index contributed by atoms with van der Waals surface area (Å²) in [5, 5.41) is 11.8. The molecule has 0 saturated carbocycles. The summed E-state index contributed by atoms with van der Waals surface area (Å²) in [6, 6.07) is 20.4. The second-order valence-corrected chi connectivity index (χ2v) is 6.62. The van der Waals surface area contributed by atoms with Crippen molar-refractivity contribution in [1.29, 1.82) is 0 Å². The summed E-state index contributed by atoms with van der Waals surface area (Å²) in [4.78, 5) is 12.9. The van der Waals surface area contributed by atoms with Crippen LogP contribution in [-0.4, -0.2) is 39.4 Å². The fourth-order valence-electron chi connectivity index (χ4n) is 2.83. The van der Waals surface area contributed by atoms with Crippen LogP contribution in [-0.2, 0) is 9.53 Å². The predicted octanol–water partition coefficient (Wildman–Crippen LogP) is 3.86. The number of ether oxygens (including phenoxy) is 2. The third kappa shape index (κ3) is 5.05. The van der Waals surface area contributed by atoms with Crippen molar-refractivity contribution in [3.8, 4) is 17.1 Å². The smallest absolute Gasteiger partial charge is 0.357 e. The third-order valence-electron chi connectivity index (χ3n) is 4.37. The van der Waals surface area contributed by atoms with Crippen LogP contribution in [0.25, 0.3) is 23.2 Å². The first-order valence-corrected chi connectivity index (χ1v) is 9.67. The summed E-state index contributed by atoms with van der Waals surface area (Å²) < 4.78 is 17.7. The molecule has 0 spiro atoms. The molecule has 0 amide bonds. The maximum absolute atomic E-state index is 12.9. The maximum atomic E-state index is 12.9. The zero-order valence-electron chi connectivity index (χ0n) is 16.8. The Morgan fingerprint density at radius 1 is 1.03 bits per heavy atom. The number of furan rings is 1. The summed E-state index contributed by atoms with van der Waals surface area (Å²) in [7, 11) is 0. The topological polar surface area (TPSA) is 92.3 Å². The van der Waals surface area contributed by atoms with Gasteiger partial charge in [0.05, 0.1) is 6.26 Å². The number of esters is 1. The van der Waals surface area contributed by atoms with E-state index < -0.39 is 5.97 Å². The Balaban J connectivity index is 1.51. The van der Waals surface area contributed by atoms with Crippen LogP contribution >= 0.6 is 0 Å². The minimum atomic E-state index is -0.603. The molecule has 0 aliphatic carbocycles. The fourth-order valence-corrected chi connectivity index (χ4v) is 2.83. The van der Waals surface area contributed by atoms with Crippen LogP contribution in [0.15, 0.2) is 77.4 Å². The van der Waals surface area contributed by atoms with E-state index in [9.17, 15) is 4.79 Å². The number of aryl methyl sites for hydroxylation is 1.